The Morgan fingerprint density at radius 1 is 1.40 bits per heavy atom. The highest BCUT2D eigenvalue weighted by molar-refractivity contribution is 5.48. The molecule has 0 aliphatic carbocycles. The molecule has 0 spiro atoms. The third kappa shape index (κ3) is 2.47. The lowest BCUT2D eigenvalue weighted by Gasteiger charge is -2.37. The van der Waals surface area contributed by atoms with Crippen molar-refractivity contribution >= 4 is 11.6 Å². The lowest BCUT2D eigenvalue weighted by molar-refractivity contribution is 0.428. The van der Waals surface area contributed by atoms with Crippen LogP contribution in [0.5, 0.6) is 0 Å². The summed E-state index contributed by atoms with van der Waals surface area (Å²) in [5.41, 5.74) is 0.999. The molecule has 0 amide bonds. The molecule has 1 fully saturated rings. The predicted molar refractivity (Wildman–Crippen MR) is 79.0 cm³/mol. The van der Waals surface area contributed by atoms with Crippen LogP contribution in [0.3, 0.4) is 0 Å². The molecule has 1 aliphatic heterocycles. The summed E-state index contributed by atoms with van der Waals surface area (Å²) in [5, 5.41) is 7.59. The Morgan fingerprint density at radius 2 is 2.30 bits per heavy atom. The molecule has 1 N–H and O–H groups in total. The molecule has 1 unspecified atom stereocenters. The topological polar surface area (TPSA) is 58.3 Å². The van der Waals surface area contributed by atoms with Gasteiger partial charge in [0, 0.05) is 24.3 Å². The van der Waals surface area contributed by atoms with Gasteiger partial charge in [0.2, 0.25) is 0 Å². The molecule has 0 radical (unpaired) electrons. The number of hydrogen-bond acceptors (Lipinski definition) is 5. The molecule has 3 heterocycles. The van der Waals surface area contributed by atoms with Crippen molar-refractivity contribution in [3.05, 3.63) is 18.1 Å². The zero-order valence-corrected chi connectivity index (χ0v) is 12.2. The first-order valence-electron chi connectivity index (χ1n) is 7.38. The summed E-state index contributed by atoms with van der Waals surface area (Å²) in [6.45, 7) is 4.16. The second-order valence-corrected chi connectivity index (χ2v) is 5.46. The molecule has 0 bridgehead atoms. The zero-order chi connectivity index (χ0) is 13.9. The minimum atomic E-state index is 0.574. The Balaban J connectivity index is 1.96. The van der Waals surface area contributed by atoms with Crippen LogP contribution in [0.15, 0.2) is 12.4 Å². The second-order valence-electron chi connectivity index (χ2n) is 5.46. The van der Waals surface area contributed by atoms with Crippen LogP contribution in [-0.4, -0.2) is 45.8 Å². The smallest absolute Gasteiger partial charge is 0.254 e. The van der Waals surface area contributed by atoms with Gasteiger partial charge in [-0.05, 0) is 46.2 Å². The molecule has 6 nitrogen and oxygen atoms in total. The van der Waals surface area contributed by atoms with Gasteiger partial charge in [-0.2, -0.15) is 14.6 Å². The van der Waals surface area contributed by atoms with Crippen LogP contribution < -0.4 is 10.2 Å². The normalized spacial score (nSPS) is 19.7. The van der Waals surface area contributed by atoms with Crippen molar-refractivity contribution in [1.82, 2.24) is 24.9 Å². The van der Waals surface area contributed by atoms with Gasteiger partial charge in [0.1, 0.15) is 12.1 Å². The van der Waals surface area contributed by atoms with Gasteiger partial charge >= 0.3 is 0 Å². The van der Waals surface area contributed by atoms with Gasteiger partial charge in [-0.1, -0.05) is 0 Å². The maximum Gasteiger partial charge on any atom is 0.254 e. The Bertz CT molecular complexity index is 578. The Kier molecular flexibility index (Phi) is 3.82. The van der Waals surface area contributed by atoms with Crippen LogP contribution in [0.25, 0.3) is 5.78 Å². The van der Waals surface area contributed by atoms with Gasteiger partial charge in [-0.15, -0.1) is 0 Å². The van der Waals surface area contributed by atoms with E-state index in [1.165, 1.54) is 19.3 Å². The number of rotatable bonds is 4. The number of fused-ring (bicyclic) bond motifs is 1. The monoisotopic (exact) mass is 274 g/mol. The van der Waals surface area contributed by atoms with E-state index in [1.54, 1.807) is 6.33 Å². The minimum absolute atomic E-state index is 0.574. The minimum Gasteiger partial charge on any atom is -0.353 e. The fourth-order valence-corrected chi connectivity index (χ4v) is 3.03. The lowest BCUT2D eigenvalue weighted by Crippen LogP contribution is -2.42. The Hall–Kier alpha value is -1.69. The van der Waals surface area contributed by atoms with Gasteiger partial charge in [0.05, 0.1) is 0 Å². The fourth-order valence-electron chi connectivity index (χ4n) is 3.03. The summed E-state index contributed by atoms with van der Waals surface area (Å²) >= 11 is 0. The molecule has 1 aliphatic rings. The first-order chi connectivity index (χ1) is 9.79. The van der Waals surface area contributed by atoms with E-state index in [4.69, 9.17) is 0 Å². The molecule has 2 aromatic heterocycles. The van der Waals surface area contributed by atoms with Crippen molar-refractivity contribution in [2.24, 2.45) is 0 Å². The van der Waals surface area contributed by atoms with Gasteiger partial charge in [-0.3, -0.25) is 0 Å². The predicted octanol–water partition coefficient (Wildman–Crippen LogP) is 1.40. The fraction of sp³-hybridized carbons (Fsp3) is 0.643. The van der Waals surface area contributed by atoms with E-state index in [1.807, 2.05) is 18.5 Å². The molecule has 0 aromatic carbocycles. The highest BCUT2D eigenvalue weighted by Gasteiger charge is 2.24. The number of nitrogens with one attached hydrogen (secondary N) is 1. The van der Waals surface area contributed by atoms with Crippen molar-refractivity contribution in [1.29, 1.82) is 0 Å². The quantitative estimate of drug-likeness (QED) is 0.913. The van der Waals surface area contributed by atoms with Gasteiger partial charge in [0.25, 0.3) is 5.78 Å². The standard InChI is InChI=1S/C14H22N6/c1-11-9-13(20-14(18-11)16-10-17-20)19-8-4-3-5-12(19)6-7-15-2/h9-10,12,15H,3-8H2,1-2H3. The van der Waals surface area contributed by atoms with E-state index < -0.39 is 0 Å². The van der Waals surface area contributed by atoms with Crippen LogP contribution >= 0.6 is 0 Å². The number of anilines is 1. The Labute approximate surface area is 119 Å². The lowest BCUT2D eigenvalue weighted by atomic mass is 9.99. The second kappa shape index (κ2) is 5.75. The molecule has 6 heteroatoms. The third-order valence-corrected chi connectivity index (χ3v) is 4.01. The molecular formula is C14H22N6. The van der Waals surface area contributed by atoms with E-state index in [0.29, 0.717) is 11.8 Å². The number of aromatic nitrogens is 4. The SMILES string of the molecule is CNCCC1CCCCN1c1cc(C)nc2ncnn12. The molecule has 20 heavy (non-hydrogen) atoms. The van der Waals surface area contributed by atoms with E-state index in [9.17, 15) is 0 Å². The highest BCUT2D eigenvalue weighted by Crippen LogP contribution is 2.26. The van der Waals surface area contributed by atoms with Crippen LogP contribution in [-0.2, 0) is 0 Å². The van der Waals surface area contributed by atoms with Gasteiger partial charge < -0.3 is 10.2 Å². The summed E-state index contributed by atoms with van der Waals surface area (Å²) in [7, 11) is 2.01. The van der Waals surface area contributed by atoms with E-state index in [-0.39, 0.29) is 0 Å². The van der Waals surface area contributed by atoms with Crippen molar-refractivity contribution < 1.29 is 0 Å². The average molecular weight is 274 g/mol. The zero-order valence-electron chi connectivity index (χ0n) is 12.2. The van der Waals surface area contributed by atoms with Crippen molar-refractivity contribution in [2.75, 3.05) is 25.0 Å². The average Bonchev–Trinajstić information content (AvgIpc) is 2.92. The van der Waals surface area contributed by atoms with E-state index >= 15 is 0 Å². The molecule has 3 rings (SSSR count). The first-order valence-corrected chi connectivity index (χ1v) is 7.38. The third-order valence-electron chi connectivity index (χ3n) is 4.01. The van der Waals surface area contributed by atoms with Crippen molar-refractivity contribution in [2.45, 2.75) is 38.6 Å². The summed E-state index contributed by atoms with van der Waals surface area (Å²) in [5.74, 6) is 1.82. The van der Waals surface area contributed by atoms with Crippen molar-refractivity contribution in [3.63, 3.8) is 0 Å². The largest absolute Gasteiger partial charge is 0.353 e. The molecule has 1 saturated heterocycles. The van der Waals surface area contributed by atoms with E-state index in [2.05, 4.69) is 31.3 Å². The molecular weight excluding hydrogens is 252 g/mol. The molecule has 0 saturated carbocycles. The highest BCUT2D eigenvalue weighted by atomic mass is 15.4. The first kappa shape index (κ1) is 13.3. The maximum absolute atomic E-state index is 4.43. The summed E-state index contributed by atoms with van der Waals surface area (Å²) in [6, 6.07) is 2.70. The van der Waals surface area contributed by atoms with Crippen LogP contribution in [0.1, 0.15) is 31.4 Å². The maximum atomic E-state index is 4.43. The summed E-state index contributed by atoms with van der Waals surface area (Å²) in [6.07, 6.45) is 6.55. The van der Waals surface area contributed by atoms with Crippen LogP contribution in [0.2, 0.25) is 0 Å². The van der Waals surface area contributed by atoms with Crippen LogP contribution in [0, 0.1) is 6.92 Å². The van der Waals surface area contributed by atoms with Gasteiger partial charge in [0.15, 0.2) is 0 Å². The molecule has 2 aromatic rings. The molecule has 108 valence electrons. The Morgan fingerprint density at radius 3 is 3.15 bits per heavy atom. The molecule has 1 atom stereocenters. The number of piperidine rings is 1. The van der Waals surface area contributed by atoms with Gasteiger partial charge in [-0.25, -0.2) is 4.98 Å². The summed E-state index contributed by atoms with van der Waals surface area (Å²) < 4.78 is 1.87. The van der Waals surface area contributed by atoms with Crippen molar-refractivity contribution in [3.8, 4) is 0 Å². The number of hydrogen-bond donors (Lipinski definition) is 1. The number of aryl methyl sites for hydroxylation is 1. The summed E-state index contributed by atoms with van der Waals surface area (Å²) in [4.78, 5) is 11.1. The van der Waals surface area contributed by atoms with E-state index in [0.717, 1.165) is 31.0 Å². The van der Waals surface area contributed by atoms with Crippen LogP contribution in [0.4, 0.5) is 5.82 Å². The number of nitrogens with zero attached hydrogens (tertiary/aromatic N) is 5.